The molecule has 0 aliphatic rings. The zero-order chi connectivity index (χ0) is 14.0. The number of thiazole rings is 1. The van der Waals surface area contributed by atoms with Crippen LogP contribution in [0.5, 0.6) is 0 Å². The number of aryl methyl sites for hydroxylation is 1. The molecule has 1 aromatic heterocycles. The minimum atomic E-state index is 0.0277. The smallest absolute Gasteiger partial charge is 0.185 e. The number of nitrogens with two attached hydrogens (primary N) is 1. The van der Waals surface area contributed by atoms with Gasteiger partial charge in [0.2, 0.25) is 0 Å². The minimum absolute atomic E-state index is 0.0277. The van der Waals surface area contributed by atoms with Gasteiger partial charge in [0.15, 0.2) is 5.13 Å². The molecule has 3 nitrogen and oxygen atoms in total. The van der Waals surface area contributed by atoms with Gasteiger partial charge in [0, 0.05) is 29.5 Å². The van der Waals surface area contributed by atoms with Gasteiger partial charge in [-0.2, -0.15) is 0 Å². The van der Waals surface area contributed by atoms with Crippen LogP contribution in [0.1, 0.15) is 29.1 Å². The zero-order valence-corrected chi connectivity index (χ0v) is 12.9. The van der Waals surface area contributed by atoms with Gasteiger partial charge >= 0.3 is 0 Å². The number of hydrogen-bond donors (Lipinski definition) is 1. The van der Waals surface area contributed by atoms with Crippen molar-refractivity contribution in [2.75, 3.05) is 11.9 Å². The van der Waals surface area contributed by atoms with Crippen LogP contribution in [-0.4, -0.2) is 12.0 Å². The quantitative estimate of drug-likeness (QED) is 0.934. The van der Waals surface area contributed by atoms with E-state index in [-0.39, 0.29) is 6.04 Å². The third kappa shape index (κ3) is 3.26. The molecule has 0 aliphatic carbocycles. The lowest BCUT2D eigenvalue weighted by atomic mass is 10.2. The molecule has 0 spiro atoms. The Balaban J connectivity index is 2.19. The van der Waals surface area contributed by atoms with Crippen LogP contribution in [0.2, 0.25) is 5.02 Å². The molecule has 0 fully saturated rings. The molecule has 0 aliphatic heterocycles. The van der Waals surface area contributed by atoms with Crippen molar-refractivity contribution in [3.63, 3.8) is 0 Å². The van der Waals surface area contributed by atoms with Crippen LogP contribution < -0.4 is 10.6 Å². The minimum Gasteiger partial charge on any atom is -0.347 e. The lowest BCUT2D eigenvalue weighted by Crippen LogP contribution is -2.16. The maximum Gasteiger partial charge on any atom is 0.185 e. The van der Waals surface area contributed by atoms with Gasteiger partial charge in [0.1, 0.15) is 0 Å². The van der Waals surface area contributed by atoms with Gasteiger partial charge in [-0.05, 0) is 25.5 Å². The molecule has 1 heterocycles. The molecule has 2 rings (SSSR count). The van der Waals surface area contributed by atoms with E-state index in [0.717, 1.165) is 32.8 Å². The van der Waals surface area contributed by atoms with E-state index in [1.165, 1.54) is 0 Å². The molecule has 0 amide bonds. The fourth-order valence-corrected chi connectivity index (χ4v) is 3.10. The highest BCUT2D eigenvalue weighted by Crippen LogP contribution is 2.30. The normalized spacial score (nSPS) is 12.5. The Labute approximate surface area is 123 Å². The van der Waals surface area contributed by atoms with Gasteiger partial charge in [0.25, 0.3) is 0 Å². The lowest BCUT2D eigenvalue weighted by Gasteiger charge is -2.16. The van der Waals surface area contributed by atoms with E-state index in [9.17, 15) is 0 Å². The topological polar surface area (TPSA) is 42.2 Å². The molecule has 0 saturated carbocycles. The molecule has 102 valence electrons. The van der Waals surface area contributed by atoms with Crippen molar-refractivity contribution in [2.45, 2.75) is 26.4 Å². The average Bonchev–Trinajstić information content (AvgIpc) is 2.74. The van der Waals surface area contributed by atoms with Crippen molar-refractivity contribution >= 4 is 28.1 Å². The molecule has 19 heavy (non-hydrogen) atoms. The second kappa shape index (κ2) is 5.90. The van der Waals surface area contributed by atoms with E-state index in [0.29, 0.717) is 0 Å². The number of hydrogen-bond acceptors (Lipinski definition) is 4. The summed E-state index contributed by atoms with van der Waals surface area (Å²) in [6.07, 6.45) is 0. The monoisotopic (exact) mass is 295 g/mol. The van der Waals surface area contributed by atoms with Crippen LogP contribution >= 0.6 is 22.9 Å². The first kappa shape index (κ1) is 14.3. The molecule has 1 aromatic carbocycles. The van der Waals surface area contributed by atoms with Crippen molar-refractivity contribution in [1.82, 2.24) is 4.98 Å². The fraction of sp³-hybridized carbons (Fsp3) is 0.357. The van der Waals surface area contributed by atoms with Gasteiger partial charge < -0.3 is 10.6 Å². The largest absolute Gasteiger partial charge is 0.347 e. The Morgan fingerprint density at radius 3 is 2.68 bits per heavy atom. The highest BCUT2D eigenvalue weighted by molar-refractivity contribution is 7.15. The van der Waals surface area contributed by atoms with Crippen LogP contribution in [0.25, 0.3) is 0 Å². The number of halogens is 1. The Hall–Kier alpha value is -1.10. The second-order valence-electron chi connectivity index (χ2n) is 4.68. The summed E-state index contributed by atoms with van der Waals surface area (Å²) < 4.78 is 0. The van der Waals surface area contributed by atoms with Crippen LogP contribution in [0.4, 0.5) is 5.13 Å². The van der Waals surface area contributed by atoms with Crippen molar-refractivity contribution in [3.05, 3.63) is 45.4 Å². The van der Waals surface area contributed by atoms with Gasteiger partial charge in [0.05, 0.1) is 5.69 Å². The van der Waals surface area contributed by atoms with Crippen LogP contribution in [-0.2, 0) is 6.54 Å². The molecule has 5 heteroatoms. The summed E-state index contributed by atoms with van der Waals surface area (Å²) in [7, 11) is 2.02. The highest BCUT2D eigenvalue weighted by atomic mass is 35.5. The molecular weight excluding hydrogens is 278 g/mol. The lowest BCUT2D eigenvalue weighted by molar-refractivity contribution is 0.824. The summed E-state index contributed by atoms with van der Waals surface area (Å²) in [4.78, 5) is 7.82. The fourth-order valence-electron chi connectivity index (χ4n) is 1.93. The second-order valence-corrected chi connectivity index (χ2v) is 6.10. The molecule has 0 radical (unpaired) electrons. The summed E-state index contributed by atoms with van der Waals surface area (Å²) >= 11 is 7.83. The van der Waals surface area contributed by atoms with Crippen molar-refractivity contribution in [2.24, 2.45) is 5.73 Å². The van der Waals surface area contributed by atoms with Crippen molar-refractivity contribution < 1.29 is 0 Å². The number of anilines is 1. The number of nitrogens with zero attached hydrogens (tertiary/aromatic N) is 2. The number of aromatic nitrogens is 1. The third-order valence-corrected chi connectivity index (χ3v) is 4.77. The van der Waals surface area contributed by atoms with Crippen molar-refractivity contribution in [1.29, 1.82) is 0 Å². The van der Waals surface area contributed by atoms with E-state index in [2.05, 4.69) is 9.88 Å². The highest BCUT2D eigenvalue weighted by Gasteiger charge is 2.14. The first-order chi connectivity index (χ1) is 8.99. The standard InChI is InChI=1S/C14H18ClN3S/c1-9(16)13-10(2)17-14(19-13)18(3)8-11-6-4-5-7-12(11)15/h4-7,9H,8,16H2,1-3H3. The van der Waals surface area contributed by atoms with Crippen LogP contribution in [0, 0.1) is 6.92 Å². The van der Waals surface area contributed by atoms with Crippen LogP contribution in [0.3, 0.4) is 0 Å². The maximum atomic E-state index is 6.18. The molecule has 0 bridgehead atoms. The number of benzene rings is 1. The Morgan fingerprint density at radius 2 is 2.11 bits per heavy atom. The average molecular weight is 296 g/mol. The predicted octanol–water partition coefficient (Wildman–Crippen LogP) is 3.76. The zero-order valence-electron chi connectivity index (χ0n) is 11.4. The molecule has 1 unspecified atom stereocenters. The Bertz CT molecular complexity index is 566. The first-order valence-electron chi connectivity index (χ1n) is 6.16. The maximum absolute atomic E-state index is 6.18. The van der Waals surface area contributed by atoms with Crippen molar-refractivity contribution in [3.8, 4) is 0 Å². The third-order valence-electron chi connectivity index (χ3n) is 2.93. The van der Waals surface area contributed by atoms with E-state index in [4.69, 9.17) is 17.3 Å². The summed E-state index contributed by atoms with van der Waals surface area (Å²) in [5, 5.41) is 1.76. The van der Waals surface area contributed by atoms with Gasteiger partial charge in [-0.25, -0.2) is 4.98 Å². The summed E-state index contributed by atoms with van der Waals surface area (Å²) in [6, 6.07) is 7.90. The molecule has 2 aromatic rings. The van der Waals surface area contributed by atoms with Gasteiger partial charge in [-0.15, -0.1) is 11.3 Å². The SMILES string of the molecule is Cc1nc(N(C)Cc2ccccc2Cl)sc1C(C)N. The Kier molecular flexibility index (Phi) is 4.45. The summed E-state index contributed by atoms with van der Waals surface area (Å²) in [5.74, 6) is 0. The molecule has 2 N–H and O–H groups in total. The summed E-state index contributed by atoms with van der Waals surface area (Å²) in [5.41, 5.74) is 8.05. The Morgan fingerprint density at radius 1 is 1.42 bits per heavy atom. The van der Waals surface area contributed by atoms with E-state index in [1.807, 2.05) is 45.2 Å². The van der Waals surface area contributed by atoms with E-state index in [1.54, 1.807) is 11.3 Å². The van der Waals surface area contributed by atoms with Crippen LogP contribution in [0.15, 0.2) is 24.3 Å². The van der Waals surface area contributed by atoms with Gasteiger partial charge in [-0.1, -0.05) is 29.8 Å². The van der Waals surface area contributed by atoms with E-state index >= 15 is 0 Å². The van der Waals surface area contributed by atoms with E-state index < -0.39 is 0 Å². The molecular formula is C14H18ClN3S. The summed E-state index contributed by atoms with van der Waals surface area (Å²) in [6.45, 7) is 4.73. The number of rotatable bonds is 4. The first-order valence-corrected chi connectivity index (χ1v) is 7.36. The molecule has 0 saturated heterocycles. The predicted molar refractivity (Wildman–Crippen MR) is 83.0 cm³/mol. The molecule has 1 atom stereocenters. The van der Waals surface area contributed by atoms with Gasteiger partial charge in [-0.3, -0.25) is 0 Å².